The van der Waals surface area contributed by atoms with Crippen LogP contribution in [-0.4, -0.2) is 61.9 Å². The second-order valence-corrected chi connectivity index (χ2v) is 9.04. The highest BCUT2D eigenvalue weighted by Crippen LogP contribution is 2.23. The fourth-order valence-electron chi connectivity index (χ4n) is 3.46. The van der Waals surface area contributed by atoms with Crippen LogP contribution in [0.2, 0.25) is 0 Å². The van der Waals surface area contributed by atoms with Gasteiger partial charge in [0.1, 0.15) is 0 Å². The van der Waals surface area contributed by atoms with Crippen molar-refractivity contribution in [2.45, 2.75) is 33.6 Å². The molecule has 0 bridgehead atoms. The maximum atomic E-state index is 12.5. The Morgan fingerprint density at radius 2 is 1.96 bits per heavy atom. The first-order valence-corrected chi connectivity index (χ1v) is 9.83. The third-order valence-electron chi connectivity index (χ3n) is 4.69. The number of carbonyl (C=O) groups is 2. The quantitative estimate of drug-likeness (QED) is 0.843. The van der Waals surface area contributed by atoms with Crippen LogP contribution < -0.4 is 5.32 Å². The average Bonchev–Trinajstić information content (AvgIpc) is 2.97. The van der Waals surface area contributed by atoms with Crippen molar-refractivity contribution in [1.29, 1.82) is 0 Å². The van der Waals surface area contributed by atoms with Crippen molar-refractivity contribution in [3.63, 3.8) is 0 Å². The topological polar surface area (TPSA) is 52.7 Å². The molecule has 1 aliphatic heterocycles. The normalized spacial score (nSPS) is 16.3. The zero-order valence-corrected chi connectivity index (χ0v) is 16.9. The summed E-state index contributed by atoms with van der Waals surface area (Å²) in [6.07, 6.45) is 1.49. The molecule has 0 atom stereocenters. The minimum Gasteiger partial charge on any atom is -0.355 e. The zero-order chi connectivity index (χ0) is 18.6. The molecule has 0 unspecified atom stereocenters. The Balaban J connectivity index is 1.80. The molecule has 1 N–H and O–H groups in total. The van der Waals surface area contributed by atoms with Gasteiger partial charge in [-0.3, -0.25) is 9.59 Å². The van der Waals surface area contributed by atoms with E-state index in [0.717, 1.165) is 29.8 Å². The third-order valence-corrected chi connectivity index (χ3v) is 5.70. The summed E-state index contributed by atoms with van der Waals surface area (Å²) in [4.78, 5) is 29.9. The lowest BCUT2D eigenvalue weighted by molar-refractivity contribution is -0.126. The van der Waals surface area contributed by atoms with Crippen LogP contribution in [0.15, 0.2) is 11.4 Å². The van der Waals surface area contributed by atoms with E-state index in [-0.39, 0.29) is 23.1 Å². The van der Waals surface area contributed by atoms with Gasteiger partial charge in [-0.2, -0.15) is 0 Å². The molecular weight excluding hydrogens is 334 g/mol. The molecule has 2 rings (SSSR count). The van der Waals surface area contributed by atoms with Crippen LogP contribution in [0, 0.1) is 18.3 Å². The van der Waals surface area contributed by atoms with E-state index in [1.165, 1.54) is 11.3 Å². The van der Waals surface area contributed by atoms with E-state index in [1.54, 1.807) is 0 Å². The average molecular weight is 366 g/mol. The summed E-state index contributed by atoms with van der Waals surface area (Å²) in [6.45, 7) is 9.23. The van der Waals surface area contributed by atoms with Gasteiger partial charge in [-0.05, 0) is 56.3 Å². The molecular formula is C19H31N3O2S. The molecule has 1 fully saturated rings. The molecule has 0 saturated carbocycles. The standard InChI is InChI=1S/C19H31N3O2S/c1-14-8-11-25-16(14)18(24)22-9-6-15(7-10-22)17(23)20-12-19(2,3)13-21(4)5/h8,11,15H,6-7,9-10,12-13H2,1-5H3,(H,20,23). The predicted octanol–water partition coefficient (Wildman–Crippen LogP) is 2.61. The summed E-state index contributed by atoms with van der Waals surface area (Å²) in [5.41, 5.74) is 1.09. The number of nitrogens with one attached hydrogen (secondary N) is 1. The van der Waals surface area contributed by atoms with Crippen LogP contribution in [0.25, 0.3) is 0 Å². The van der Waals surface area contributed by atoms with E-state index in [9.17, 15) is 9.59 Å². The highest BCUT2D eigenvalue weighted by Gasteiger charge is 2.29. The van der Waals surface area contributed by atoms with Crippen molar-refractivity contribution in [3.05, 3.63) is 21.9 Å². The summed E-state index contributed by atoms with van der Waals surface area (Å²) in [5, 5.41) is 5.07. The molecule has 1 saturated heterocycles. The largest absolute Gasteiger partial charge is 0.355 e. The van der Waals surface area contributed by atoms with Crippen LogP contribution >= 0.6 is 11.3 Å². The lowest BCUT2D eigenvalue weighted by atomic mass is 9.91. The monoisotopic (exact) mass is 365 g/mol. The number of nitrogens with zero attached hydrogens (tertiary/aromatic N) is 2. The Bertz CT molecular complexity index is 602. The molecule has 0 radical (unpaired) electrons. The van der Waals surface area contributed by atoms with Crippen LogP contribution in [0.5, 0.6) is 0 Å². The van der Waals surface area contributed by atoms with E-state index >= 15 is 0 Å². The molecule has 25 heavy (non-hydrogen) atoms. The number of hydrogen-bond acceptors (Lipinski definition) is 4. The number of aryl methyl sites for hydroxylation is 1. The Morgan fingerprint density at radius 1 is 1.32 bits per heavy atom. The smallest absolute Gasteiger partial charge is 0.264 e. The first-order chi connectivity index (χ1) is 11.7. The van der Waals surface area contributed by atoms with Gasteiger partial charge in [0.15, 0.2) is 0 Å². The van der Waals surface area contributed by atoms with Crippen molar-refractivity contribution in [2.24, 2.45) is 11.3 Å². The predicted molar refractivity (Wildman–Crippen MR) is 103 cm³/mol. The maximum Gasteiger partial charge on any atom is 0.264 e. The molecule has 6 heteroatoms. The van der Waals surface area contributed by atoms with Crippen molar-refractivity contribution in [2.75, 3.05) is 40.3 Å². The van der Waals surface area contributed by atoms with Crippen molar-refractivity contribution in [3.8, 4) is 0 Å². The van der Waals surface area contributed by atoms with Crippen LogP contribution in [0.1, 0.15) is 41.9 Å². The molecule has 0 spiro atoms. The van der Waals surface area contributed by atoms with Gasteiger partial charge in [-0.25, -0.2) is 0 Å². The highest BCUT2D eigenvalue weighted by atomic mass is 32.1. The summed E-state index contributed by atoms with van der Waals surface area (Å²) in [6, 6.07) is 1.98. The molecule has 2 amide bonds. The second kappa shape index (κ2) is 8.32. The fraction of sp³-hybridized carbons (Fsp3) is 0.684. The second-order valence-electron chi connectivity index (χ2n) is 8.12. The summed E-state index contributed by atoms with van der Waals surface area (Å²) >= 11 is 1.50. The molecule has 1 aliphatic rings. The first-order valence-electron chi connectivity index (χ1n) is 8.95. The van der Waals surface area contributed by atoms with Crippen molar-refractivity contribution in [1.82, 2.24) is 15.1 Å². The summed E-state index contributed by atoms with van der Waals surface area (Å²) in [7, 11) is 4.09. The van der Waals surface area contributed by atoms with Gasteiger partial charge in [0.2, 0.25) is 5.91 Å². The molecule has 1 aromatic heterocycles. The van der Waals surface area contributed by atoms with Gasteiger partial charge in [-0.15, -0.1) is 11.3 Å². The van der Waals surface area contributed by atoms with E-state index in [4.69, 9.17) is 0 Å². The zero-order valence-electron chi connectivity index (χ0n) is 16.1. The minimum atomic E-state index is 0.0173. The van der Waals surface area contributed by atoms with Gasteiger partial charge in [-0.1, -0.05) is 13.8 Å². The number of thiophene rings is 1. The molecule has 1 aromatic rings. The number of amides is 2. The molecule has 5 nitrogen and oxygen atoms in total. The van der Waals surface area contributed by atoms with E-state index in [0.29, 0.717) is 19.6 Å². The lowest BCUT2D eigenvalue weighted by Crippen LogP contribution is -2.46. The number of piperidine rings is 1. The van der Waals surface area contributed by atoms with Gasteiger partial charge < -0.3 is 15.1 Å². The minimum absolute atomic E-state index is 0.0173. The van der Waals surface area contributed by atoms with E-state index in [1.807, 2.05) is 37.4 Å². The maximum absolute atomic E-state index is 12.5. The third kappa shape index (κ3) is 5.54. The van der Waals surface area contributed by atoms with Gasteiger partial charge in [0.25, 0.3) is 5.91 Å². The fourth-order valence-corrected chi connectivity index (χ4v) is 4.36. The number of rotatable bonds is 6. The SMILES string of the molecule is Cc1ccsc1C(=O)N1CCC(C(=O)NCC(C)(C)CN(C)C)CC1. The van der Waals surface area contributed by atoms with Crippen LogP contribution in [0.3, 0.4) is 0 Å². The van der Waals surface area contributed by atoms with Crippen molar-refractivity contribution >= 4 is 23.2 Å². The first kappa shape index (κ1) is 19.9. The Labute approximate surface area is 155 Å². The van der Waals surface area contributed by atoms with Gasteiger partial charge in [0.05, 0.1) is 4.88 Å². The molecule has 140 valence electrons. The van der Waals surface area contributed by atoms with Gasteiger partial charge >= 0.3 is 0 Å². The summed E-state index contributed by atoms with van der Waals surface area (Å²) in [5.74, 6) is 0.258. The van der Waals surface area contributed by atoms with Crippen LogP contribution in [0.4, 0.5) is 0 Å². The Kier molecular flexibility index (Phi) is 6.63. The van der Waals surface area contributed by atoms with Crippen molar-refractivity contribution < 1.29 is 9.59 Å². The highest BCUT2D eigenvalue weighted by molar-refractivity contribution is 7.12. The van der Waals surface area contributed by atoms with E-state index < -0.39 is 0 Å². The summed E-state index contributed by atoms with van der Waals surface area (Å²) < 4.78 is 0. The van der Waals surface area contributed by atoms with E-state index in [2.05, 4.69) is 24.1 Å². The Hall–Kier alpha value is -1.40. The van der Waals surface area contributed by atoms with Crippen LogP contribution in [-0.2, 0) is 4.79 Å². The number of hydrogen-bond donors (Lipinski definition) is 1. The lowest BCUT2D eigenvalue weighted by Gasteiger charge is -2.33. The molecule has 0 aliphatic carbocycles. The Morgan fingerprint density at radius 3 is 2.48 bits per heavy atom. The number of carbonyl (C=O) groups excluding carboxylic acids is 2. The molecule has 2 heterocycles. The van der Waals surface area contributed by atoms with Gasteiger partial charge in [0, 0.05) is 32.1 Å². The molecule has 0 aromatic carbocycles. The number of likely N-dealkylation sites (tertiary alicyclic amines) is 1.